The van der Waals surface area contributed by atoms with Crippen LogP contribution >= 0.6 is 11.3 Å². The Morgan fingerprint density at radius 1 is 1.05 bits per heavy atom. The van der Waals surface area contributed by atoms with Crippen LogP contribution in [0.1, 0.15) is 10.4 Å². The molecular weight excluding hydrogens is 254 g/mol. The molecule has 0 aliphatic heterocycles. The number of rotatable bonds is 3. The van der Waals surface area contributed by atoms with Crippen LogP contribution in [0.15, 0.2) is 48.5 Å². The van der Waals surface area contributed by atoms with E-state index in [4.69, 9.17) is 10.5 Å². The molecule has 19 heavy (non-hydrogen) atoms. The van der Waals surface area contributed by atoms with Crippen molar-refractivity contribution in [3.63, 3.8) is 0 Å². The second kappa shape index (κ2) is 4.94. The van der Waals surface area contributed by atoms with Crippen LogP contribution in [0.2, 0.25) is 0 Å². The third-order valence-electron chi connectivity index (χ3n) is 3.00. The molecule has 2 aromatic carbocycles. The second-order valence-corrected chi connectivity index (χ2v) is 5.78. The minimum atomic E-state index is 0.600. The van der Waals surface area contributed by atoms with E-state index in [9.17, 15) is 0 Å². The number of hydrogen-bond donors (Lipinski definition) is 1. The van der Waals surface area contributed by atoms with Gasteiger partial charge in [0.1, 0.15) is 12.4 Å². The zero-order valence-corrected chi connectivity index (χ0v) is 11.5. The summed E-state index contributed by atoms with van der Waals surface area (Å²) in [6.07, 6.45) is 0. The van der Waals surface area contributed by atoms with Gasteiger partial charge in [0.25, 0.3) is 0 Å². The lowest BCUT2D eigenvalue weighted by molar-refractivity contribution is 0.310. The molecule has 2 nitrogen and oxygen atoms in total. The first-order valence-electron chi connectivity index (χ1n) is 6.18. The molecule has 0 unspecified atom stereocenters. The van der Waals surface area contributed by atoms with E-state index in [0.29, 0.717) is 6.61 Å². The summed E-state index contributed by atoms with van der Waals surface area (Å²) < 4.78 is 7.00. The molecule has 0 fully saturated rings. The fourth-order valence-corrected chi connectivity index (χ4v) is 2.99. The Kier molecular flexibility index (Phi) is 3.13. The van der Waals surface area contributed by atoms with Gasteiger partial charge in [0.15, 0.2) is 0 Å². The monoisotopic (exact) mass is 269 g/mol. The van der Waals surface area contributed by atoms with Crippen molar-refractivity contribution in [3.8, 4) is 5.75 Å². The van der Waals surface area contributed by atoms with E-state index in [1.165, 1.54) is 20.5 Å². The topological polar surface area (TPSA) is 35.2 Å². The quantitative estimate of drug-likeness (QED) is 0.716. The Morgan fingerprint density at radius 3 is 2.63 bits per heavy atom. The summed E-state index contributed by atoms with van der Waals surface area (Å²) in [5.74, 6) is 0.905. The van der Waals surface area contributed by atoms with Gasteiger partial charge in [-0.1, -0.05) is 23.8 Å². The number of nitrogen functional groups attached to an aromatic ring is 1. The summed E-state index contributed by atoms with van der Waals surface area (Å²) in [5.41, 5.74) is 7.83. The minimum absolute atomic E-state index is 0.600. The summed E-state index contributed by atoms with van der Waals surface area (Å²) in [7, 11) is 0. The average Bonchev–Trinajstić information content (AvgIpc) is 2.80. The Morgan fingerprint density at radius 2 is 1.84 bits per heavy atom. The standard InChI is InChI=1S/C16H15NOS/c1-11-2-6-14(7-3-11)18-10-15-8-12-4-5-13(17)9-16(12)19-15/h2-9H,10,17H2,1H3. The van der Waals surface area contributed by atoms with Crippen LogP contribution in [0.3, 0.4) is 0 Å². The third kappa shape index (κ3) is 2.71. The molecule has 1 heterocycles. The van der Waals surface area contributed by atoms with Crippen LogP contribution in [0.4, 0.5) is 5.69 Å². The van der Waals surface area contributed by atoms with Gasteiger partial charge in [-0.25, -0.2) is 0 Å². The van der Waals surface area contributed by atoms with Gasteiger partial charge in [-0.05, 0) is 42.6 Å². The van der Waals surface area contributed by atoms with E-state index in [1.807, 2.05) is 24.3 Å². The van der Waals surface area contributed by atoms with Gasteiger partial charge in [0.2, 0.25) is 0 Å². The summed E-state index contributed by atoms with van der Waals surface area (Å²) in [6, 6.07) is 16.3. The molecule has 2 N–H and O–H groups in total. The van der Waals surface area contributed by atoms with Crippen molar-refractivity contribution in [2.45, 2.75) is 13.5 Å². The van der Waals surface area contributed by atoms with Crippen molar-refractivity contribution < 1.29 is 4.74 Å². The molecule has 1 aromatic heterocycles. The van der Waals surface area contributed by atoms with Crippen molar-refractivity contribution in [2.24, 2.45) is 0 Å². The number of aryl methyl sites for hydroxylation is 1. The molecule has 3 rings (SSSR count). The predicted octanol–water partition coefficient (Wildman–Crippen LogP) is 4.37. The molecule has 0 saturated carbocycles. The van der Waals surface area contributed by atoms with E-state index in [2.05, 4.69) is 31.2 Å². The Bertz CT molecular complexity index is 700. The first-order valence-corrected chi connectivity index (χ1v) is 7.00. The van der Waals surface area contributed by atoms with E-state index in [0.717, 1.165) is 11.4 Å². The van der Waals surface area contributed by atoms with Crippen molar-refractivity contribution in [3.05, 3.63) is 59.0 Å². The van der Waals surface area contributed by atoms with E-state index >= 15 is 0 Å². The van der Waals surface area contributed by atoms with Gasteiger partial charge in [-0.15, -0.1) is 11.3 Å². The molecule has 0 saturated heterocycles. The van der Waals surface area contributed by atoms with Crippen LogP contribution in [0.5, 0.6) is 5.75 Å². The summed E-state index contributed by atoms with van der Waals surface area (Å²) in [5, 5.41) is 1.22. The van der Waals surface area contributed by atoms with E-state index in [1.54, 1.807) is 11.3 Å². The van der Waals surface area contributed by atoms with Crippen LogP contribution in [0, 0.1) is 6.92 Å². The van der Waals surface area contributed by atoms with Crippen molar-refractivity contribution in [2.75, 3.05) is 5.73 Å². The smallest absolute Gasteiger partial charge is 0.122 e. The Hall–Kier alpha value is -2.00. The maximum absolute atomic E-state index is 5.79. The number of anilines is 1. The predicted molar refractivity (Wildman–Crippen MR) is 81.7 cm³/mol. The molecule has 0 aliphatic rings. The van der Waals surface area contributed by atoms with Gasteiger partial charge in [0.05, 0.1) is 0 Å². The minimum Gasteiger partial charge on any atom is -0.488 e. The highest BCUT2D eigenvalue weighted by Gasteiger charge is 2.03. The van der Waals surface area contributed by atoms with Gasteiger partial charge in [-0.2, -0.15) is 0 Å². The van der Waals surface area contributed by atoms with Crippen LogP contribution in [0.25, 0.3) is 10.1 Å². The highest BCUT2D eigenvalue weighted by molar-refractivity contribution is 7.19. The summed E-state index contributed by atoms with van der Waals surface area (Å²) in [6.45, 7) is 2.67. The van der Waals surface area contributed by atoms with E-state index < -0.39 is 0 Å². The first kappa shape index (κ1) is 12.1. The molecule has 0 atom stereocenters. The third-order valence-corrected chi connectivity index (χ3v) is 4.07. The van der Waals surface area contributed by atoms with E-state index in [-0.39, 0.29) is 0 Å². The average molecular weight is 269 g/mol. The van der Waals surface area contributed by atoms with Crippen molar-refractivity contribution in [1.82, 2.24) is 0 Å². The van der Waals surface area contributed by atoms with Crippen LogP contribution in [-0.2, 0) is 6.61 Å². The number of thiophene rings is 1. The lowest BCUT2D eigenvalue weighted by Gasteiger charge is -2.04. The molecule has 0 radical (unpaired) electrons. The first-order chi connectivity index (χ1) is 9.20. The molecule has 3 aromatic rings. The molecule has 0 spiro atoms. The normalized spacial score (nSPS) is 10.8. The number of hydrogen-bond acceptors (Lipinski definition) is 3. The highest BCUT2D eigenvalue weighted by Crippen LogP contribution is 2.28. The lowest BCUT2D eigenvalue weighted by Crippen LogP contribution is -1.92. The van der Waals surface area contributed by atoms with Gasteiger partial charge >= 0.3 is 0 Å². The largest absolute Gasteiger partial charge is 0.488 e. The Balaban J connectivity index is 1.76. The lowest BCUT2D eigenvalue weighted by atomic mass is 10.2. The molecule has 0 aliphatic carbocycles. The fraction of sp³-hybridized carbons (Fsp3) is 0.125. The summed E-state index contributed by atoms with van der Waals surface area (Å²) in [4.78, 5) is 1.21. The maximum atomic E-state index is 5.79. The van der Waals surface area contributed by atoms with Crippen LogP contribution < -0.4 is 10.5 Å². The molecule has 0 amide bonds. The zero-order chi connectivity index (χ0) is 13.2. The fourth-order valence-electron chi connectivity index (χ4n) is 1.96. The molecular formula is C16H15NOS. The number of nitrogens with two attached hydrogens (primary N) is 1. The molecule has 0 bridgehead atoms. The van der Waals surface area contributed by atoms with Crippen molar-refractivity contribution in [1.29, 1.82) is 0 Å². The van der Waals surface area contributed by atoms with Gasteiger partial charge < -0.3 is 10.5 Å². The maximum Gasteiger partial charge on any atom is 0.122 e. The number of fused-ring (bicyclic) bond motifs is 1. The highest BCUT2D eigenvalue weighted by atomic mass is 32.1. The second-order valence-electron chi connectivity index (χ2n) is 4.61. The molecule has 3 heteroatoms. The van der Waals surface area contributed by atoms with Crippen LogP contribution in [-0.4, -0.2) is 0 Å². The zero-order valence-electron chi connectivity index (χ0n) is 10.7. The van der Waals surface area contributed by atoms with Gasteiger partial charge in [0, 0.05) is 15.3 Å². The number of ether oxygens (including phenoxy) is 1. The molecule has 96 valence electrons. The number of benzene rings is 2. The van der Waals surface area contributed by atoms with Gasteiger partial charge in [-0.3, -0.25) is 0 Å². The van der Waals surface area contributed by atoms with Crippen molar-refractivity contribution >= 4 is 27.1 Å². The SMILES string of the molecule is Cc1ccc(OCc2cc3ccc(N)cc3s2)cc1. The summed E-state index contributed by atoms with van der Waals surface area (Å²) >= 11 is 1.73. The Labute approximate surface area is 116 Å².